The highest BCUT2D eigenvalue weighted by atomic mass is 32.2. The van der Waals surface area contributed by atoms with Crippen LogP contribution in [0.3, 0.4) is 0 Å². The van der Waals surface area contributed by atoms with Crippen LogP contribution in [-0.4, -0.2) is 0 Å². The van der Waals surface area contributed by atoms with Gasteiger partial charge in [-0.1, -0.05) is 143 Å². The summed E-state index contributed by atoms with van der Waals surface area (Å²) in [6, 6.07) is 56.1. The van der Waals surface area contributed by atoms with Gasteiger partial charge >= 0.3 is 0 Å². The van der Waals surface area contributed by atoms with E-state index in [0.29, 0.717) is 0 Å². The lowest BCUT2D eigenvalue weighted by Crippen LogP contribution is -1.94. The van der Waals surface area contributed by atoms with Crippen LogP contribution in [-0.2, 0) is 0 Å². The van der Waals surface area contributed by atoms with Crippen LogP contribution in [0.5, 0.6) is 0 Å². The van der Waals surface area contributed by atoms with Crippen LogP contribution in [0.1, 0.15) is 0 Å². The molecule has 0 radical (unpaired) electrons. The summed E-state index contributed by atoms with van der Waals surface area (Å²) in [5.41, 5.74) is 10.1. The minimum atomic E-state index is 1.27. The van der Waals surface area contributed by atoms with Gasteiger partial charge in [-0.3, -0.25) is 0 Å². The van der Waals surface area contributed by atoms with Crippen molar-refractivity contribution in [1.82, 2.24) is 0 Å². The van der Waals surface area contributed by atoms with E-state index >= 15 is 0 Å². The van der Waals surface area contributed by atoms with E-state index in [-0.39, 0.29) is 0 Å². The Morgan fingerprint density at radius 3 is 0.411 bits per heavy atom. The Hall–Kier alpha value is -3.44. The van der Waals surface area contributed by atoms with Gasteiger partial charge in [0.2, 0.25) is 0 Å². The third kappa shape index (κ3) is 5.63. The van der Waals surface area contributed by atoms with Gasteiger partial charge in [-0.2, -0.15) is 0 Å². The minimum Gasteiger partial charge on any atom is -0.0877 e. The second-order valence-corrected chi connectivity index (χ2v) is 22.8. The molecule has 264 valence electrons. The maximum Gasteiger partial charge on any atom is 0.0268 e. The average Bonchev–Trinajstić information content (AvgIpc) is 3.24. The number of hydrogen-bond acceptors (Lipinski definition) is 8. The molecule has 0 saturated heterocycles. The molecule has 0 aliphatic carbocycles. The molecular formula is C48H24S8. The molecule has 8 aromatic carbocycles. The van der Waals surface area contributed by atoms with Gasteiger partial charge in [0.15, 0.2) is 0 Å². The summed E-state index contributed by atoms with van der Waals surface area (Å²) in [5, 5.41) is 0. The number of hydrogen-bond donors (Lipinski definition) is 0. The fraction of sp³-hybridized carbons (Fsp3) is 0. The van der Waals surface area contributed by atoms with Crippen molar-refractivity contribution in [3.8, 4) is 44.5 Å². The zero-order chi connectivity index (χ0) is 36.5. The Kier molecular flexibility index (Phi) is 7.80. The van der Waals surface area contributed by atoms with E-state index in [9.17, 15) is 0 Å². The van der Waals surface area contributed by atoms with Crippen LogP contribution in [0, 0.1) is 0 Å². The molecule has 16 bridgehead atoms. The van der Waals surface area contributed by atoms with Crippen molar-refractivity contribution in [2.24, 2.45) is 0 Å². The number of benzene rings is 8. The molecule has 0 saturated carbocycles. The summed E-state index contributed by atoms with van der Waals surface area (Å²) >= 11 is 15.2. The molecule has 0 spiro atoms. The van der Waals surface area contributed by atoms with Crippen molar-refractivity contribution in [2.45, 2.75) is 78.3 Å². The molecule has 5 aliphatic heterocycles. The predicted octanol–water partition coefficient (Wildman–Crippen LogP) is 17.1. The van der Waals surface area contributed by atoms with Gasteiger partial charge in [-0.05, 0) is 142 Å². The highest BCUT2D eigenvalue weighted by Crippen LogP contribution is 2.56. The third-order valence-electron chi connectivity index (χ3n) is 10.6. The van der Waals surface area contributed by atoms with Gasteiger partial charge in [0.05, 0.1) is 0 Å². The highest BCUT2D eigenvalue weighted by molar-refractivity contribution is 8.06. The lowest BCUT2D eigenvalue weighted by Gasteiger charge is -2.23. The summed E-state index contributed by atoms with van der Waals surface area (Å²) in [4.78, 5) is 21.2. The van der Waals surface area contributed by atoms with Crippen molar-refractivity contribution in [3.05, 3.63) is 146 Å². The lowest BCUT2D eigenvalue weighted by atomic mass is 10.1. The molecule has 5 heterocycles. The van der Waals surface area contributed by atoms with Crippen LogP contribution in [0.25, 0.3) is 44.5 Å². The first kappa shape index (κ1) is 33.5. The fourth-order valence-electron chi connectivity index (χ4n) is 7.76. The van der Waals surface area contributed by atoms with Crippen molar-refractivity contribution in [2.75, 3.05) is 0 Å². The summed E-state index contributed by atoms with van der Waals surface area (Å²) < 4.78 is 0. The van der Waals surface area contributed by atoms with Gasteiger partial charge in [0.1, 0.15) is 0 Å². The summed E-state index contributed by atoms with van der Waals surface area (Å²) in [5.74, 6) is 0. The summed E-state index contributed by atoms with van der Waals surface area (Å²) in [7, 11) is 0. The van der Waals surface area contributed by atoms with Crippen LogP contribution in [0.2, 0.25) is 0 Å². The molecule has 0 fully saturated rings. The maximum absolute atomic E-state index is 2.40. The van der Waals surface area contributed by atoms with Gasteiger partial charge in [0, 0.05) is 78.3 Å². The Bertz CT molecular complexity index is 2450. The number of rotatable bonds is 0. The van der Waals surface area contributed by atoms with Crippen molar-refractivity contribution in [3.63, 3.8) is 0 Å². The predicted molar refractivity (Wildman–Crippen MR) is 240 cm³/mol. The molecule has 0 nitrogen and oxygen atoms in total. The fourth-order valence-corrected chi connectivity index (χ4v) is 16.9. The molecular weight excluding hydrogens is 833 g/mol. The van der Waals surface area contributed by atoms with Crippen LogP contribution < -0.4 is 0 Å². The first-order valence-electron chi connectivity index (χ1n) is 18.2. The first-order valence-corrected chi connectivity index (χ1v) is 24.7. The van der Waals surface area contributed by atoms with Crippen LogP contribution >= 0.6 is 94.1 Å². The standard InChI is InChI=1S/C48H24S8/c1-9-33-41-17-25(1)26-2-10-35-42(18-26)54-44-20-28(4-12-36(44)50-35)30-6-14-38-46(22-30)56-48-24-32(8-16-40(48)52-38)31-7-15-39-47(23-31)55-45-21-29(5-13-37(45)51-39)27-3-11-34(49-33)43(19-27)53-41/h1-24H. The summed E-state index contributed by atoms with van der Waals surface area (Å²) in [6.07, 6.45) is 0. The summed E-state index contributed by atoms with van der Waals surface area (Å²) in [6.45, 7) is 0. The quantitative estimate of drug-likeness (QED) is 0.146. The number of fused-ring (bicyclic) bond motifs is 12. The van der Waals surface area contributed by atoms with Crippen molar-refractivity contribution < 1.29 is 0 Å². The molecule has 5 aliphatic rings. The van der Waals surface area contributed by atoms with E-state index in [1.165, 1.54) is 123 Å². The van der Waals surface area contributed by atoms with Crippen LogP contribution in [0.4, 0.5) is 0 Å². The van der Waals surface area contributed by atoms with E-state index in [1.807, 2.05) is 94.1 Å². The second kappa shape index (κ2) is 13.0. The topological polar surface area (TPSA) is 0 Å². The largest absolute Gasteiger partial charge is 0.0877 e. The Morgan fingerprint density at radius 2 is 0.268 bits per heavy atom. The van der Waals surface area contributed by atoms with Crippen LogP contribution in [0.15, 0.2) is 224 Å². The molecule has 0 atom stereocenters. The van der Waals surface area contributed by atoms with Gasteiger partial charge < -0.3 is 0 Å². The molecule has 0 aromatic heterocycles. The highest BCUT2D eigenvalue weighted by Gasteiger charge is 2.24. The SMILES string of the molecule is c1cc2c3cc1-c1ccc4c(c1)Sc1cc(ccc1S4)-c1ccc4c(c1)Sc1cc(ccc1S4)-c1ccc4c(c1)Sc1cc(ccc1S4)-c1ccc(c(c1)S3)S2. The van der Waals surface area contributed by atoms with E-state index in [2.05, 4.69) is 146 Å². The van der Waals surface area contributed by atoms with E-state index in [0.717, 1.165) is 0 Å². The molecule has 8 aromatic rings. The molecule has 8 heteroatoms. The maximum atomic E-state index is 2.40. The zero-order valence-corrected chi connectivity index (χ0v) is 35.7. The molecule has 56 heavy (non-hydrogen) atoms. The third-order valence-corrected chi connectivity index (χ3v) is 20.7. The zero-order valence-electron chi connectivity index (χ0n) is 29.1. The van der Waals surface area contributed by atoms with E-state index in [4.69, 9.17) is 0 Å². The van der Waals surface area contributed by atoms with E-state index in [1.54, 1.807) is 0 Å². The smallest absolute Gasteiger partial charge is 0.0268 e. The van der Waals surface area contributed by atoms with E-state index < -0.39 is 0 Å². The molecule has 13 rings (SSSR count). The normalized spacial score (nSPS) is 14.6. The molecule has 0 N–H and O–H groups in total. The van der Waals surface area contributed by atoms with Gasteiger partial charge in [-0.25, -0.2) is 0 Å². The Labute approximate surface area is 359 Å². The van der Waals surface area contributed by atoms with Gasteiger partial charge in [0.25, 0.3) is 0 Å². The van der Waals surface area contributed by atoms with Gasteiger partial charge in [-0.15, -0.1) is 0 Å². The minimum absolute atomic E-state index is 1.27. The van der Waals surface area contributed by atoms with Crippen molar-refractivity contribution in [1.29, 1.82) is 0 Å². The first-order chi connectivity index (χ1) is 27.6. The average molecular weight is 857 g/mol. The second-order valence-electron chi connectivity index (χ2n) is 14.1. The Balaban J connectivity index is 0.946. The Morgan fingerprint density at radius 1 is 0.143 bits per heavy atom. The molecule has 0 unspecified atom stereocenters. The molecule has 0 amide bonds. The monoisotopic (exact) mass is 856 g/mol. The van der Waals surface area contributed by atoms with Crippen molar-refractivity contribution >= 4 is 94.1 Å². The lowest BCUT2D eigenvalue weighted by molar-refractivity contribution is 1.14.